The topological polar surface area (TPSA) is 212 Å². The summed E-state index contributed by atoms with van der Waals surface area (Å²) in [5.74, 6) is 0. The smallest absolute Gasteiger partial charge is 0.756 e. The van der Waals surface area contributed by atoms with E-state index < -0.39 is 46.2 Å². The Morgan fingerprint density at radius 3 is 2.68 bits per heavy atom. The number of H-pyrrole nitrogens is 1. The van der Waals surface area contributed by atoms with E-state index in [9.17, 15) is 28.8 Å². The Balaban J connectivity index is 0.00000196. The first-order valence-corrected chi connectivity index (χ1v) is 9.96. The van der Waals surface area contributed by atoms with Gasteiger partial charge in [-0.2, -0.15) is 0 Å². The van der Waals surface area contributed by atoms with Crippen molar-refractivity contribution in [2.24, 2.45) is 0 Å². The van der Waals surface area contributed by atoms with Crippen molar-refractivity contribution in [1.82, 2.24) is 19.5 Å². The SMILES string of the molecule is O=c1[nH]cnc2c1ncn2[C@H]1C[C@H](O)[C@@H](COP(=O)([O-])OP(=O)([O-])O)O1.[Na+].[Na+]. The summed E-state index contributed by atoms with van der Waals surface area (Å²) in [6.07, 6.45) is -0.723. The average Bonchev–Trinajstić information content (AvgIpc) is 3.07. The number of aliphatic hydroxyl groups excluding tert-OH is 1. The van der Waals surface area contributed by atoms with Crippen molar-refractivity contribution < 1.29 is 102 Å². The summed E-state index contributed by atoms with van der Waals surface area (Å²) in [6.45, 7) is -0.765. The van der Waals surface area contributed by atoms with Gasteiger partial charge in [0, 0.05) is 6.42 Å². The van der Waals surface area contributed by atoms with E-state index in [4.69, 9.17) is 9.63 Å². The summed E-state index contributed by atoms with van der Waals surface area (Å²) < 4.78 is 36.3. The van der Waals surface area contributed by atoms with Gasteiger partial charge in [0.25, 0.3) is 21.2 Å². The molecule has 1 aliphatic heterocycles. The molecule has 2 aromatic rings. The van der Waals surface area contributed by atoms with E-state index in [0.717, 1.165) is 6.33 Å². The zero-order valence-electron chi connectivity index (χ0n) is 14.7. The van der Waals surface area contributed by atoms with Crippen LogP contribution in [0.1, 0.15) is 12.6 Å². The van der Waals surface area contributed by atoms with E-state index in [2.05, 4.69) is 23.8 Å². The molecule has 1 aliphatic rings. The number of ether oxygens (including phenoxy) is 1. The predicted octanol–water partition coefficient (Wildman–Crippen LogP) is -8.26. The number of fused-ring (bicyclic) bond motifs is 1. The second kappa shape index (κ2) is 10.2. The molecule has 28 heavy (non-hydrogen) atoms. The zero-order chi connectivity index (χ0) is 19.1. The van der Waals surface area contributed by atoms with Gasteiger partial charge in [0.1, 0.15) is 12.3 Å². The number of phosphoric acid groups is 2. The van der Waals surface area contributed by atoms with Gasteiger partial charge in [-0.1, -0.05) is 0 Å². The Kier molecular flexibility index (Phi) is 9.70. The fourth-order valence-corrected chi connectivity index (χ4v) is 3.95. The summed E-state index contributed by atoms with van der Waals surface area (Å²) in [7, 11) is -10.9. The van der Waals surface area contributed by atoms with Crippen molar-refractivity contribution in [3.05, 3.63) is 23.0 Å². The minimum Gasteiger partial charge on any atom is -0.756 e. The number of hydrogen-bond donors (Lipinski definition) is 3. The molecule has 5 atom stereocenters. The molecule has 3 rings (SSSR count). The van der Waals surface area contributed by atoms with Crippen LogP contribution in [0.25, 0.3) is 11.2 Å². The molecular formula is C10H12N4Na2O10P2. The molecule has 3 heterocycles. The molecule has 144 valence electrons. The van der Waals surface area contributed by atoms with Crippen LogP contribution in [-0.2, 0) is 22.7 Å². The third-order valence-electron chi connectivity index (χ3n) is 3.48. The fraction of sp³-hybridized carbons (Fsp3) is 0.500. The Hall–Kier alpha value is 0.530. The van der Waals surface area contributed by atoms with Gasteiger partial charge >= 0.3 is 59.1 Å². The van der Waals surface area contributed by atoms with Crippen LogP contribution in [0.5, 0.6) is 0 Å². The van der Waals surface area contributed by atoms with Crippen LogP contribution < -0.4 is 74.5 Å². The van der Waals surface area contributed by atoms with Crippen molar-refractivity contribution in [3.8, 4) is 0 Å². The van der Waals surface area contributed by atoms with Crippen molar-refractivity contribution >= 4 is 26.8 Å². The number of rotatable bonds is 6. The second-order valence-electron chi connectivity index (χ2n) is 5.28. The number of hydrogen-bond acceptors (Lipinski definition) is 11. The number of nitrogens with one attached hydrogen (secondary N) is 1. The largest absolute Gasteiger partial charge is 1.00 e. The number of nitrogens with zero attached hydrogens (tertiary/aromatic N) is 3. The van der Waals surface area contributed by atoms with Crippen molar-refractivity contribution in [1.29, 1.82) is 0 Å². The number of phosphoric ester groups is 1. The minimum atomic E-state index is -5.55. The van der Waals surface area contributed by atoms with Gasteiger partial charge in [0.2, 0.25) is 0 Å². The molecule has 0 radical (unpaired) electrons. The Bertz CT molecular complexity index is 963. The maximum Gasteiger partial charge on any atom is 1.00 e. The fourth-order valence-electron chi connectivity index (χ4n) is 2.42. The number of aliphatic hydroxyl groups is 1. The van der Waals surface area contributed by atoms with Gasteiger partial charge in [-0.15, -0.1) is 0 Å². The van der Waals surface area contributed by atoms with Crippen molar-refractivity contribution in [2.75, 3.05) is 6.61 Å². The monoisotopic (exact) mass is 456 g/mol. The minimum absolute atomic E-state index is 0. The molecule has 0 bridgehead atoms. The second-order valence-corrected chi connectivity index (χ2v) is 8.02. The maximum atomic E-state index is 11.6. The van der Waals surface area contributed by atoms with Crippen LogP contribution in [0.2, 0.25) is 0 Å². The molecule has 0 saturated carbocycles. The normalized spacial score (nSPS) is 26.1. The van der Waals surface area contributed by atoms with E-state index in [-0.39, 0.29) is 76.7 Å². The molecule has 2 unspecified atom stereocenters. The molecule has 1 saturated heterocycles. The standard InChI is InChI=1S/C10H14N4O10P2.2Na/c15-5-1-7(14-4-13-8-9(14)11-3-12-10(8)16)23-6(5)2-22-26(20,21)24-25(17,18)19;;/h3-7,15H,1-2H2,(H,20,21)(H,11,12,16)(H2,17,18,19);;/q;2*+1/p-2/t5-,6+,7+;;/m0../s1. The van der Waals surface area contributed by atoms with E-state index in [0.29, 0.717) is 0 Å². The van der Waals surface area contributed by atoms with Gasteiger partial charge in [-0.25, -0.2) is 14.3 Å². The first-order chi connectivity index (χ1) is 12.1. The Morgan fingerprint density at radius 2 is 2.04 bits per heavy atom. The van der Waals surface area contributed by atoms with E-state index >= 15 is 0 Å². The van der Waals surface area contributed by atoms with E-state index in [1.807, 2.05) is 0 Å². The maximum absolute atomic E-state index is 11.6. The molecule has 0 spiro atoms. The third kappa shape index (κ3) is 6.51. The van der Waals surface area contributed by atoms with Crippen molar-refractivity contribution in [2.45, 2.75) is 24.9 Å². The Labute approximate surface area is 201 Å². The molecule has 0 aliphatic carbocycles. The van der Waals surface area contributed by atoms with Crippen LogP contribution in [0.15, 0.2) is 17.4 Å². The van der Waals surface area contributed by atoms with Crippen LogP contribution >= 0.6 is 15.6 Å². The first-order valence-electron chi connectivity index (χ1n) is 7.00. The van der Waals surface area contributed by atoms with Crippen LogP contribution in [0.3, 0.4) is 0 Å². The number of aromatic nitrogens is 4. The quantitative estimate of drug-likeness (QED) is 0.273. The van der Waals surface area contributed by atoms with Gasteiger partial charge in [0.15, 0.2) is 11.2 Å². The van der Waals surface area contributed by atoms with Crippen molar-refractivity contribution in [3.63, 3.8) is 0 Å². The first kappa shape index (κ1) is 26.6. The molecule has 0 amide bonds. The van der Waals surface area contributed by atoms with E-state index in [1.54, 1.807) is 0 Å². The summed E-state index contributed by atoms with van der Waals surface area (Å²) in [5.41, 5.74) is -0.225. The molecule has 18 heteroatoms. The van der Waals surface area contributed by atoms with Gasteiger partial charge in [0.05, 0.1) is 25.4 Å². The Morgan fingerprint density at radius 1 is 1.36 bits per heavy atom. The third-order valence-corrected chi connectivity index (χ3v) is 5.57. The molecule has 3 N–H and O–H groups in total. The summed E-state index contributed by atoms with van der Waals surface area (Å²) in [4.78, 5) is 52.0. The summed E-state index contributed by atoms with van der Waals surface area (Å²) >= 11 is 0. The van der Waals surface area contributed by atoms with Crippen LogP contribution in [-0.4, -0.2) is 48.3 Å². The predicted molar refractivity (Wildman–Crippen MR) is 77.2 cm³/mol. The van der Waals surface area contributed by atoms with E-state index in [1.165, 1.54) is 10.9 Å². The molecule has 14 nitrogen and oxygen atoms in total. The van der Waals surface area contributed by atoms with Gasteiger partial charge < -0.3 is 34.0 Å². The molecule has 1 fully saturated rings. The van der Waals surface area contributed by atoms with Gasteiger partial charge in [-0.3, -0.25) is 18.5 Å². The van der Waals surface area contributed by atoms with Gasteiger partial charge in [-0.05, 0) is 0 Å². The summed E-state index contributed by atoms with van der Waals surface area (Å²) in [5, 5.41) is 9.99. The zero-order valence-corrected chi connectivity index (χ0v) is 20.5. The molecular weight excluding hydrogens is 444 g/mol. The summed E-state index contributed by atoms with van der Waals surface area (Å²) in [6, 6.07) is 0. The number of imidazole rings is 1. The molecule has 0 aromatic carbocycles. The number of aromatic amines is 1. The average molecular weight is 456 g/mol. The van der Waals surface area contributed by atoms with Crippen LogP contribution in [0.4, 0.5) is 0 Å². The molecule has 2 aromatic heterocycles. The van der Waals surface area contributed by atoms with Crippen LogP contribution in [0, 0.1) is 0 Å².